The number of benzene rings is 1. The van der Waals surface area contributed by atoms with Gasteiger partial charge in [0.2, 0.25) is 0 Å². The summed E-state index contributed by atoms with van der Waals surface area (Å²) < 4.78 is 10.5. The van der Waals surface area contributed by atoms with E-state index >= 15 is 0 Å². The van der Waals surface area contributed by atoms with Crippen LogP contribution in [0.1, 0.15) is 25.8 Å². The zero-order valence-electron chi connectivity index (χ0n) is 11.1. The van der Waals surface area contributed by atoms with E-state index in [2.05, 4.69) is 13.8 Å². The summed E-state index contributed by atoms with van der Waals surface area (Å²) in [5.41, 5.74) is 1.21. The van der Waals surface area contributed by atoms with Crippen LogP contribution in [0.3, 0.4) is 0 Å². The minimum absolute atomic E-state index is 0.0661. The fraction of sp³-hybridized carbons (Fsp3) is 0.571. The number of aliphatic hydroxyl groups excluding tert-OH is 1. The predicted molar refractivity (Wildman–Crippen MR) is 68.7 cm³/mol. The molecule has 3 heteroatoms. The summed E-state index contributed by atoms with van der Waals surface area (Å²) in [4.78, 5) is 0. The Balaban J connectivity index is 2.90. The van der Waals surface area contributed by atoms with Crippen molar-refractivity contribution in [1.82, 2.24) is 0 Å². The van der Waals surface area contributed by atoms with Gasteiger partial charge in [-0.1, -0.05) is 19.9 Å². The lowest BCUT2D eigenvalue weighted by Gasteiger charge is -2.24. The minimum atomic E-state index is 0.0661. The van der Waals surface area contributed by atoms with Gasteiger partial charge in [-0.15, -0.1) is 0 Å². The molecule has 0 aliphatic rings. The fourth-order valence-corrected chi connectivity index (χ4v) is 1.90. The van der Waals surface area contributed by atoms with E-state index in [1.807, 2.05) is 18.2 Å². The van der Waals surface area contributed by atoms with Crippen LogP contribution >= 0.6 is 0 Å². The minimum Gasteiger partial charge on any atom is -0.497 e. The van der Waals surface area contributed by atoms with Crippen molar-refractivity contribution < 1.29 is 14.6 Å². The first-order valence-electron chi connectivity index (χ1n) is 5.84. The molecule has 0 unspecified atom stereocenters. The fourth-order valence-electron chi connectivity index (χ4n) is 1.90. The molecule has 1 rings (SSSR count). The normalized spacial score (nSPS) is 11.4. The molecular weight excluding hydrogens is 216 g/mol. The molecule has 0 atom stereocenters. The summed E-state index contributed by atoms with van der Waals surface area (Å²) in [5.74, 6) is 1.64. The highest BCUT2D eigenvalue weighted by Gasteiger charge is 2.20. The van der Waals surface area contributed by atoms with Crippen molar-refractivity contribution in [2.75, 3.05) is 20.8 Å². The van der Waals surface area contributed by atoms with Crippen molar-refractivity contribution in [3.05, 3.63) is 23.8 Å². The topological polar surface area (TPSA) is 38.7 Å². The predicted octanol–water partition coefficient (Wildman–Crippen LogP) is 2.65. The molecule has 0 aliphatic carbocycles. The molecule has 0 aliphatic heterocycles. The van der Waals surface area contributed by atoms with E-state index in [9.17, 15) is 0 Å². The Morgan fingerprint density at radius 3 is 2.41 bits per heavy atom. The second-order valence-electron chi connectivity index (χ2n) is 4.99. The lowest BCUT2D eigenvalue weighted by Crippen LogP contribution is -2.17. The SMILES string of the molecule is COc1ccc(CC(C)(C)CCO)c(OC)c1. The Labute approximate surface area is 103 Å². The van der Waals surface area contributed by atoms with E-state index in [4.69, 9.17) is 14.6 Å². The average molecular weight is 238 g/mol. The van der Waals surface area contributed by atoms with Gasteiger partial charge in [0.1, 0.15) is 11.5 Å². The van der Waals surface area contributed by atoms with Gasteiger partial charge in [-0.25, -0.2) is 0 Å². The number of ether oxygens (including phenoxy) is 2. The lowest BCUT2D eigenvalue weighted by atomic mass is 9.82. The number of methoxy groups -OCH3 is 2. The maximum absolute atomic E-state index is 9.04. The van der Waals surface area contributed by atoms with Gasteiger partial charge in [-0.05, 0) is 29.9 Å². The highest BCUT2D eigenvalue weighted by Crippen LogP contribution is 2.32. The first-order valence-corrected chi connectivity index (χ1v) is 5.84. The van der Waals surface area contributed by atoms with E-state index < -0.39 is 0 Å². The van der Waals surface area contributed by atoms with E-state index in [0.29, 0.717) is 0 Å². The second kappa shape index (κ2) is 5.92. The van der Waals surface area contributed by atoms with Crippen LogP contribution in [0.25, 0.3) is 0 Å². The molecule has 0 heterocycles. The average Bonchev–Trinajstić information content (AvgIpc) is 2.29. The first-order chi connectivity index (χ1) is 8.02. The van der Waals surface area contributed by atoms with Crippen LogP contribution < -0.4 is 9.47 Å². The van der Waals surface area contributed by atoms with Gasteiger partial charge in [0.25, 0.3) is 0 Å². The van der Waals surface area contributed by atoms with Crippen LogP contribution in [0.4, 0.5) is 0 Å². The second-order valence-corrected chi connectivity index (χ2v) is 4.99. The Bertz CT molecular complexity index is 358. The van der Waals surface area contributed by atoms with Crippen LogP contribution in [0.15, 0.2) is 18.2 Å². The van der Waals surface area contributed by atoms with Crippen LogP contribution in [0.5, 0.6) is 11.5 Å². The molecule has 0 radical (unpaired) electrons. The van der Waals surface area contributed by atoms with Crippen molar-refractivity contribution in [2.45, 2.75) is 26.7 Å². The summed E-state index contributed by atoms with van der Waals surface area (Å²) >= 11 is 0. The largest absolute Gasteiger partial charge is 0.497 e. The molecular formula is C14H22O3. The van der Waals surface area contributed by atoms with Gasteiger partial charge in [0, 0.05) is 12.7 Å². The highest BCUT2D eigenvalue weighted by atomic mass is 16.5. The highest BCUT2D eigenvalue weighted by molar-refractivity contribution is 5.41. The van der Waals surface area contributed by atoms with Gasteiger partial charge in [0.05, 0.1) is 14.2 Å². The van der Waals surface area contributed by atoms with E-state index in [1.165, 1.54) is 0 Å². The van der Waals surface area contributed by atoms with E-state index in [-0.39, 0.29) is 12.0 Å². The van der Waals surface area contributed by atoms with E-state index in [1.54, 1.807) is 14.2 Å². The standard InChI is InChI=1S/C14H22O3/c1-14(2,7-8-15)10-11-5-6-12(16-3)9-13(11)17-4/h5-6,9,15H,7-8,10H2,1-4H3. The maximum atomic E-state index is 9.04. The Kier molecular flexibility index (Phi) is 4.82. The zero-order valence-corrected chi connectivity index (χ0v) is 11.1. The smallest absolute Gasteiger partial charge is 0.125 e. The summed E-state index contributed by atoms with van der Waals surface area (Å²) in [5, 5.41) is 9.04. The summed E-state index contributed by atoms with van der Waals surface area (Å²) in [7, 11) is 3.31. The molecule has 0 spiro atoms. The summed E-state index contributed by atoms with van der Waals surface area (Å²) in [6, 6.07) is 5.86. The quantitative estimate of drug-likeness (QED) is 0.828. The third-order valence-corrected chi connectivity index (χ3v) is 2.95. The molecule has 0 aromatic heterocycles. The first kappa shape index (κ1) is 13.8. The number of aliphatic hydroxyl groups is 1. The van der Waals surface area contributed by atoms with Crippen molar-refractivity contribution >= 4 is 0 Å². The molecule has 3 nitrogen and oxygen atoms in total. The van der Waals surface area contributed by atoms with Crippen molar-refractivity contribution in [1.29, 1.82) is 0 Å². The van der Waals surface area contributed by atoms with Crippen molar-refractivity contribution in [3.8, 4) is 11.5 Å². The molecule has 96 valence electrons. The molecule has 0 bridgehead atoms. The molecule has 17 heavy (non-hydrogen) atoms. The number of hydrogen-bond acceptors (Lipinski definition) is 3. The van der Waals surface area contributed by atoms with Gasteiger partial charge >= 0.3 is 0 Å². The van der Waals surface area contributed by atoms with Crippen LogP contribution in [-0.4, -0.2) is 25.9 Å². The van der Waals surface area contributed by atoms with Gasteiger partial charge in [-0.3, -0.25) is 0 Å². The zero-order chi connectivity index (χ0) is 12.9. The molecule has 1 N–H and O–H groups in total. The molecule has 1 aromatic rings. The van der Waals surface area contributed by atoms with Gasteiger partial charge in [-0.2, -0.15) is 0 Å². The maximum Gasteiger partial charge on any atom is 0.125 e. The van der Waals surface area contributed by atoms with Crippen LogP contribution in [-0.2, 0) is 6.42 Å². The summed E-state index contributed by atoms with van der Waals surface area (Å²) in [6.45, 7) is 4.51. The molecule has 0 amide bonds. The summed E-state index contributed by atoms with van der Waals surface area (Å²) in [6.07, 6.45) is 1.66. The third-order valence-electron chi connectivity index (χ3n) is 2.95. The lowest BCUT2D eigenvalue weighted by molar-refractivity contribution is 0.209. The van der Waals surface area contributed by atoms with Crippen molar-refractivity contribution in [3.63, 3.8) is 0 Å². The van der Waals surface area contributed by atoms with Gasteiger partial charge < -0.3 is 14.6 Å². The number of rotatable bonds is 6. The van der Waals surface area contributed by atoms with Crippen molar-refractivity contribution in [2.24, 2.45) is 5.41 Å². The Hall–Kier alpha value is -1.22. The molecule has 0 fully saturated rings. The monoisotopic (exact) mass is 238 g/mol. The molecule has 0 saturated carbocycles. The number of hydrogen-bond donors (Lipinski definition) is 1. The Morgan fingerprint density at radius 2 is 1.88 bits per heavy atom. The third kappa shape index (κ3) is 3.93. The van der Waals surface area contributed by atoms with Crippen LogP contribution in [0.2, 0.25) is 0 Å². The van der Waals surface area contributed by atoms with Gasteiger partial charge in [0.15, 0.2) is 0 Å². The van der Waals surface area contributed by atoms with Crippen LogP contribution in [0, 0.1) is 5.41 Å². The van der Waals surface area contributed by atoms with E-state index in [0.717, 1.165) is 29.9 Å². The Morgan fingerprint density at radius 1 is 1.18 bits per heavy atom. The molecule has 1 aromatic carbocycles. The molecule has 0 saturated heterocycles.